The highest BCUT2D eigenvalue weighted by atomic mass is 16.6. The molecule has 0 fully saturated rings. The summed E-state index contributed by atoms with van der Waals surface area (Å²) in [5.74, 6) is -0.0733. The van der Waals surface area contributed by atoms with Crippen molar-refractivity contribution in [1.82, 2.24) is 4.90 Å². The number of hydrogen-bond acceptors (Lipinski definition) is 4. The van der Waals surface area contributed by atoms with Gasteiger partial charge < -0.3 is 10.6 Å². The van der Waals surface area contributed by atoms with Crippen LogP contribution in [0.15, 0.2) is 84.9 Å². The third-order valence-electron chi connectivity index (χ3n) is 5.57. The van der Waals surface area contributed by atoms with Crippen LogP contribution < -0.4 is 5.73 Å². The van der Waals surface area contributed by atoms with Gasteiger partial charge in [-0.15, -0.1) is 0 Å². The van der Waals surface area contributed by atoms with E-state index in [2.05, 4.69) is 18.2 Å². The molecule has 0 spiro atoms. The van der Waals surface area contributed by atoms with Crippen molar-refractivity contribution in [2.24, 2.45) is 5.73 Å². The van der Waals surface area contributed by atoms with Crippen LogP contribution in [0.25, 0.3) is 21.9 Å². The van der Waals surface area contributed by atoms with Gasteiger partial charge >= 0.3 is 0 Å². The quantitative estimate of drug-likeness (QED) is 0.342. The minimum absolute atomic E-state index is 0.0508. The fourth-order valence-corrected chi connectivity index (χ4v) is 3.79. The van der Waals surface area contributed by atoms with Gasteiger partial charge in [0.2, 0.25) is 0 Å². The monoisotopic (exact) mass is 425 g/mol. The second-order valence-electron chi connectivity index (χ2n) is 7.72. The van der Waals surface area contributed by atoms with E-state index in [0.717, 1.165) is 33.0 Å². The molecule has 0 heterocycles. The number of non-ortho nitro benzene ring substituents is 1. The molecule has 4 aromatic carbocycles. The van der Waals surface area contributed by atoms with E-state index in [4.69, 9.17) is 5.73 Å². The SMILES string of the molecule is CN(Cc1cccc2cc(CN)ccc12)C(=O)c1ccc(-c2ccc([N+](=O)[O-])cc2)cc1. The van der Waals surface area contributed by atoms with Crippen molar-refractivity contribution in [2.45, 2.75) is 13.1 Å². The molecule has 4 rings (SSSR count). The Morgan fingerprint density at radius 3 is 2.22 bits per heavy atom. The van der Waals surface area contributed by atoms with Crippen LogP contribution in [-0.4, -0.2) is 22.8 Å². The number of fused-ring (bicyclic) bond motifs is 1. The van der Waals surface area contributed by atoms with E-state index in [1.54, 1.807) is 36.2 Å². The molecule has 4 aromatic rings. The Labute approximate surface area is 186 Å². The van der Waals surface area contributed by atoms with Crippen molar-refractivity contribution >= 4 is 22.4 Å². The summed E-state index contributed by atoms with van der Waals surface area (Å²) in [5, 5.41) is 13.0. The van der Waals surface area contributed by atoms with Gasteiger partial charge in [0.1, 0.15) is 0 Å². The van der Waals surface area contributed by atoms with Crippen molar-refractivity contribution < 1.29 is 9.72 Å². The molecule has 0 aromatic heterocycles. The van der Waals surface area contributed by atoms with Gasteiger partial charge in [0, 0.05) is 37.8 Å². The molecule has 1 amide bonds. The Bertz CT molecular complexity index is 1280. The summed E-state index contributed by atoms with van der Waals surface area (Å²) in [6.45, 7) is 0.983. The highest BCUT2D eigenvalue weighted by Gasteiger charge is 2.14. The molecule has 0 aliphatic carbocycles. The van der Waals surface area contributed by atoms with Crippen LogP contribution in [0.3, 0.4) is 0 Å². The van der Waals surface area contributed by atoms with Gasteiger partial charge in [0.05, 0.1) is 4.92 Å². The number of carbonyl (C=O) groups excluding carboxylic acids is 1. The zero-order valence-corrected chi connectivity index (χ0v) is 17.7. The number of nitrogens with zero attached hydrogens (tertiary/aromatic N) is 2. The lowest BCUT2D eigenvalue weighted by Gasteiger charge is -2.19. The predicted octanol–water partition coefficient (Wildman–Crippen LogP) is 5.15. The summed E-state index contributed by atoms with van der Waals surface area (Å²) in [6, 6.07) is 25.9. The standard InChI is InChI=1S/C26H23N3O3/c1-28(17-23-4-2-3-22-15-18(16-27)5-14-25(22)23)26(30)21-8-6-19(7-9-21)20-10-12-24(13-11-20)29(31)32/h2-15H,16-17,27H2,1H3. The Morgan fingerprint density at radius 1 is 0.938 bits per heavy atom. The first-order valence-corrected chi connectivity index (χ1v) is 10.3. The van der Waals surface area contributed by atoms with Gasteiger partial charge in [-0.25, -0.2) is 0 Å². The minimum atomic E-state index is -0.422. The average molecular weight is 425 g/mol. The molecule has 0 aliphatic rings. The van der Waals surface area contributed by atoms with Crippen molar-refractivity contribution in [3.8, 4) is 11.1 Å². The van der Waals surface area contributed by atoms with E-state index in [0.29, 0.717) is 18.7 Å². The maximum atomic E-state index is 13.0. The Kier molecular flexibility index (Phi) is 5.96. The third-order valence-corrected chi connectivity index (χ3v) is 5.57. The maximum Gasteiger partial charge on any atom is 0.269 e. The fourth-order valence-electron chi connectivity index (χ4n) is 3.79. The van der Waals surface area contributed by atoms with Gasteiger partial charge in [-0.2, -0.15) is 0 Å². The third kappa shape index (κ3) is 4.36. The summed E-state index contributed by atoms with van der Waals surface area (Å²) >= 11 is 0. The van der Waals surface area contributed by atoms with E-state index in [9.17, 15) is 14.9 Å². The zero-order valence-electron chi connectivity index (χ0n) is 17.7. The van der Waals surface area contributed by atoms with Gasteiger partial charge in [0.15, 0.2) is 0 Å². The van der Waals surface area contributed by atoms with Crippen LogP contribution in [0.2, 0.25) is 0 Å². The van der Waals surface area contributed by atoms with Crippen molar-refractivity contribution in [2.75, 3.05) is 7.05 Å². The first kappa shape index (κ1) is 21.2. The van der Waals surface area contributed by atoms with Crippen molar-refractivity contribution in [1.29, 1.82) is 0 Å². The van der Waals surface area contributed by atoms with Crippen LogP contribution in [0, 0.1) is 10.1 Å². The minimum Gasteiger partial charge on any atom is -0.337 e. The summed E-state index contributed by atoms with van der Waals surface area (Å²) < 4.78 is 0. The van der Waals surface area contributed by atoms with Crippen LogP contribution in [0.4, 0.5) is 5.69 Å². The van der Waals surface area contributed by atoms with E-state index >= 15 is 0 Å². The molecule has 0 bridgehead atoms. The molecule has 6 nitrogen and oxygen atoms in total. The van der Waals surface area contributed by atoms with E-state index in [1.165, 1.54) is 12.1 Å². The lowest BCUT2D eigenvalue weighted by Crippen LogP contribution is -2.26. The van der Waals surface area contributed by atoms with Crippen molar-refractivity contribution in [3.05, 3.63) is 112 Å². The second kappa shape index (κ2) is 8.99. The number of nitro benzene ring substituents is 1. The normalized spacial score (nSPS) is 10.8. The highest BCUT2D eigenvalue weighted by Crippen LogP contribution is 2.24. The lowest BCUT2D eigenvalue weighted by molar-refractivity contribution is -0.384. The predicted molar refractivity (Wildman–Crippen MR) is 126 cm³/mol. The molecule has 160 valence electrons. The fraction of sp³-hybridized carbons (Fsp3) is 0.115. The Balaban J connectivity index is 1.51. The summed E-state index contributed by atoms with van der Waals surface area (Å²) in [4.78, 5) is 25.1. The van der Waals surface area contributed by atoms with Gasteiger partial charge in [-0.05, 0) is 63.4 Å². The number of benzene rings is 4. The molecular weight excluding hydrogens is 402 g/mol. The first-order valence-electron chi connectivity index (χ1n) is 10.3. The molecular formula is C26H23N3O3. The van der Waals surface area contributed by atoms with Crippen LogP contribution in [0.5, 0.6) is 0 Å². The number of hydrogen-bond donors (Lipinski definition) is 1. The number of amides is 1. The molecule has 6 heteroatoms. The number of nitro groups is 1. The number of rotatable bonds is 6. The van der Waals surface area contributed by atoms with Crippen LogP contribution in [0.1, 0.15) is 21.5 Å². The molecule has 0 atom stereocenters. The Hall–Kier alpha value is -4.03. The molecule has 0 radical (unpaired) electrons. The largest absolute Gasteiger partial charge is 0.337 e. The summed E-state index contributed by atoms with van der Waals surface area (Å²) in [5.41, 5.74) is 10.3. The maximum absolute atomic E-state index is 13.0. The topological polar surface area (TPSA) is 89.5 Å². The van der Waals surface area contributed by atoms with E-state index in [1.807, 2.05) is 30.3 Å². The molecule has 0 saturated heterocycles. The molecule has 0 unspecified atom stereocenters. The second-order valence-corrected chi connectivity index (χ2v) is 7.72. The van der Waals surface area contributed by atoms with Gasteiger partial charge in [0.25, 0.3) is 11.6 Å². The van der Waals surface area contributed by atoms with Crippen molar-refractivity contribution in [3.63, 3.8) is 0 Å². The van der Waals surface area contributed by atoms with Crippen LogP contribution in [-0.2, 0) is 13.1 Å². The number of carbonyl (C=O) groups is 1. The van der Waals surface area contributed by atoms with Gasteiger partial charge in [-0.1, -0.05) is 42.5 Å². The molecule has 0 aliphatic heterocycles. The smallest absolute Gasteiger partial charge is 0.269 e. The first-order chi connectivity index (χ1) is 15.5. The van der Waals surface area contributed by atoms with Gasteiger partial charge in [-0.3, -0.25) is 14.9 Å². The number of nitrogens with two attached hydrogens (primary N) is 1. The zero-order chi connectivity index (χ0) is 22.7. The average Bonchev–Trinajstić information content (AvgIpc) is 2.83. The Morgan fingerprint density at radius 2 is 1.59 bits per heavy atom. The van der Waals surface area contributed by atoms with Crippen LogP contribution >= 0.6 is 0 Å². The summed E-state index contributed by atoms with van der Waals surface area (Å²) in [6.07, 6.45) is 0. The highest BCUT2D eigenvalue weighted by molar-refractivity contribution is 5.95. The molecule has 0 saturated carbocycles. The summed E-state index contributed by atoms with van der Waals surface area (Å²) in [7, 11) is 1.79. The van der Waals surface area contributed by atoms with E-state index in [-0.39, 0.29) is 11.6 Å². The molecule has 2 N–H and O–H groups in total. The van der Waals surface area contributed by atoms with E-state index < -0.39 is 4.92 Å². The lowest BCUT2D eigenvalue weighted by atomic mass is 10.0. The molecule has 32 heavy (non-hydrogen) atoms.